The van der Waals surface area contributed by atoms with Gasteiger partial charge in [-0.15, -0.1) is 0 Å². The number of phosphoric ester groups is 2. The fourth-order valence-corrected chi connectivity index (χ4v) is 14.1. The number of aliphatic hydroxyl groups is 1. The van der Waals surface area contributed by atoms with Crippen LogP contribution in [0.25, 0.3) is 0 Å². The van der Waals surface area contributed by atoms with Crippen LogP contribution in [-0.4, -0.2) is 96.7 Å². The van der Waals surface area contributed by atoms with Gasteiger partial charge in [0, 0.05) is 25.7 Å². The number of ether oxygens (including phenoxy) is 4. The van der Waals surface area contributed by atoms with Gasteiger partial charge in [0.25, 0.3) is 0 Å². The summed E-state index contributed by atoms with van der Waals surface area (Å²) in [4.78, 5) is 73.2. The van der Waals surface area contributed by atoms with Gasteiger partial charge >= 0.3 is 39.5 Å². The summed E-state index contributed by atoms with van der Waals surface area (Å²) in [6, 6.07) is 0. The SMILES string of the molecule is CCCCC/C=C\C/C=C\CCCCCCCC(=O)O[C@H](COC(=O)CCCCCCCCCCCCCCCCCCC)COP(=O)(O)OC[C@H](O)COP(=O)(O)OC[C@@H](COC(=O)CCCCCCCCCCCCCCCCCCC)OC(=O)CCCCCCC/C=C\CCCCCCCC. The van der Waals surface area contributed by atoms with Crippen molar-refractivity contribution in [2.24, 2.45) is 0 Å². The van der Waals surface area contributed by atoms with Gasteiger partial charge < -0.3 is 33.8 Å². The largest absolute Gasteiger partial charge is 0.472 e. The van der Waals surface area contributed by atoms with E-state index in [1.807, 2.05) is 0 Å². The zero-order valence-electron chi connectivity index (χ0n) is 67.2. The predicted octanol–water partition coefficient (Wildman–Crippen LogP) is 25.5. The lowest BCUT2D eigenvalue weighted by atomic mass is 10.0. The van der Waals surface area contributed by atoms with E-state index in [4.69, 9.17) is 37.0 Å². The van der Waals surface area contributed by atoms with Gasteiger partial charge in [-0.05, 0) is 83.5 Å². The maximum Gasteiger partial charge on any atom is 0.472 e. The number of aliphatic hydroxyl groups excluding tert-OH is 1. The highest BCUT2D eigenvalue weighted by Gasteiger charge is 2.30. The molecule has 0 heterocycles. The Balaban J connectivity index is 5.31. The summed E-state index contributed by atoms with van der Waals surface area (Å²) < 4.78 is 68.8. The first-order valence-corrected chi connectivity index (χ1v) is 46.2. The van der Waals surface area contributed by atoms with Crippen LogP contribution in [-0.2, 0) is 65.4 Å². The molecule has 612 valence electrons. The number of esters is 4. The lowest BCUT2D eigenvalue weighted by molar-refractivity contribution is -0.161. The van der Waals surface area contributed by atoms with Crippen LogP contribution < -0.4 is 0 Å². The summed E-state index contributed by atoms with van der Waals surface area (Å²) in [6.45, 7) is 4.96. The second kappa shape index (κ2) is 78.4. The smallest absolute Gasteiger partial charge is 0.462 e. The third-order valence-corrected chi connectivity index (χ3v) is 21.0. The molecule has 0 aliphatic heterocycles. The van der Waals surface area contributed by atoms with Crippen LogP contribution in [0.3, 0.4) is 0 Å². The van der Waals surface area contributed by atoms with Gasteiger partial charge in [-0.25, -0.2) is 9.13 Å². The third-order valence-electron chi connectivity index (χ3n) is 19.1. The van der Waals surface area contributed by atoms with Crippen LogP contribution in [0, 0.1) is 0 Å². The molecule has 0 aliphatic carbocycles. The number of carbonyl (C=O) groups excluding carboxylic acids is 4. The molecule has 3 N–H and O–H groups in total. The molecule has 0 bridgehead atoms. The molecular weight excluding hydrogens is 1350 g/mol. The molecule has 0 spiro atoms. The van der Waals surface area contributed by atoms with Crippen LogP contribution >= 0.6 is 15.6 Å². The van der Waals surface area contributed by atoms with Crippen molar-refractivity contribution < 1.29 is 80.2 Å². The van der Waals surface area contributed by atoms with Gasteiger partial charge in [0.05, 0.1) is 26.4 Å². The van der Waals surface area contributed by atoms with Gasteiger partial charge in [-0.1, -0.05) is 353 Å². The minimum atomic E-state index is -4.97. The van der Waals surface area contributed by atoms with Crippen molar-refractivity contribution in [1.82, 2.24) is 0 Å². The van der Waals surface area contributed by atoms with Crippen molar-refractivity contribution in [2.75, 3.05) is 39.6 Å². The number of hydrogen-bond acceptors (Lipinski definition) is 15. The first-order valence-electron chi connectivity index (χ1n) is 43.2. The number of allylic oxidation sites excluding steroid dienone is 6. The Kier molecular flexibility index (Phi) is 76.4. The molecule has 0 radical (unpaired) electrons. The average molecular weight is 1520 g/mol. The Morgan fingerprint density at radius 3 is 0.740 bits per heavy atom. The van der Waals surface area contributed by atoms with Crippen LogP contribution in [0.2, 0.25) is 0 Å². The molecule has 0 rings (SSSR count). The molecule has 0 amide bonds. The van der Waals surface area contributed by atoms with Crippen LogP contribution in [0.5, 0.6) is 0 Å². The molecule has 0 saturated heterocycles. The summed E-state index contributed by atoms with van der Waals surface area (Å²) in [5.41, 5.74) is 0. The van der Waals surface area contributed by atoms with Crippen molar-refractivity contribution in [3.05, 3.63) is 36.5 Å². The fourth-order valence-electron chi connectivity index (χ4n) is 12.5. The Bertz CT molecular complexity index is 2110. The number of hydrogen-bond donors (Lipinski definition) is 3. The minimum absolute atomic E-state index is 0.0865. The van der Waals surface area contributed by atoms with Gasteiger partial charge in [-0.2, -0.15) is 0 Å². The van der Waals surface area contributed by atoms with E-state index in [9.17, 15) is 43.2 Å². The molecule has 2 unspecified atom stereocenters. The Morgan fingerprint density at radius 1 is 0.269 bits per heavy atom. The van der Waals surface area contributed by atoms with Gasteiger partial charge in [0.15, 0.2) is 12.2 Å². The summed E-state index contributed by atoms with van der Waals surface area (Å²) in [5, 5.41) is 10.7. The molecule has 0 aliphatic rings. The Labute approximate surface area is 636 Å². The first kappa shape index (κ1) is 101. The monoisotopic (exact) mass is 1520 g/mol. The molecule has 5 atom stereocenters. The maximum atomic E-state index is 13.1. The number of unbranched alkanes of at least 4 members (excludes halogenated alkanes) is 51. The standard InChI is InChI=1S/C85H160O17P2/c1-5-9-13-17-21-25-29-33-37-39-43-45-49-53-57-61-65-69-82(87)95-75-80(101-84(89)71-67-63-59-55-51-47-41-35-31-27-23-19-15-11-7-3)77-99-103(91,92)97-73-79(86)74-98-104(93,94)100-78-81(102-85(90)72-68-64-60-56-52-48-42-36-32-28-24-20-16-12-8-4)76-96-83(88)70-66-62-58-54-50-46-44-40-38-34-30-26-22-18-14-10-6-2/h23,27,35-36,41-42,79-81,86H,5-22,24-26,28-34,37-40,43-78H2,1-4H3,(H,91,92)(H,93,94)/b27-23-,41-35-,42-36-/t79-,80+,81+/m0/s1. The third kappa shape index (κ3) is 77.4. The molecule has 17 nitrogen and oxygen atoms in total. The number of rotatable bonds is 83. The molecule has 0 aromatic rings. The van der Waals surface area contributed by atoms with E-state index in [1.54, 1.807) is 0 Å². The van der Waals surface area contributed by atoms with Gasteiger partial charge in [0.2, 0.25) is 0 Å². The summed E-state index contributed by atoms with van der Waals surface area (Å²) in [7, 11) is -9.94. The summed E-state index contributed by atoms with van der Waals surface area (Å²) in [6.07, 6.45) is 76.7. The molecular formula is C85H160O17P2. The van der Waals surface area contributed by atoms with E-state index >= 15 is 0 Å². The lowest BCUT2D eigenvalue weighted by Crippen LogP contribution is -2.30. The van der Waals surface area contributed by atoms with E-state index in [-0.39, 0.29) is 25.7 Å². The van der Waals surface area contributed by atoms with Crippen molar-refractivity contribution in [2.45, 2.75) is 444 Å². The molecule has 0 fully saturated rings. The average Bonchev–Trinajstić information content (AvgIpc) is 1.21. The second-order valence-electron chi connectivity index (χ2n) is 29.5. The minimum Gasteiger partial charge on any atom is -0.462 e. The Morgan fingerprint density at radius 2 is 0.471 bits per heavy atom. The quantitative estimate of drug-likeness (QED) is 0.0169. The Hall–Kier alpha value is -2.72. The highest BCUT2D eigenvalue weighted by Crippen LogP contribution is 2.45. The maximum absolute atomic E-state index is 13.1. The van der Waals surface area contributed by atoms with Crippen molar-refractivity contribution >= 4 is 39.5 Å². The topological polar surface area (TPSA) is 237 Å². The van der Waals surface area contributed by atoms with E-state index in [0.717, 1.165) is 122 Å². The normalized spacial score (nSPS) is 14.0. The van der Waals surface area contributed by atoms with Gasteiger partial charge in [0.1, 0.15) is 19.3 Å². The van der Waals surface area contributed by atoms with Crippen molar-refractivity contribution in [1.29, 1.82) is 0 Å². The summed E-state index contributed by atoms with van der Waals surface area (Å²) in [5.74, 6) is -2.14. The highest BCUT2D eigenvalue weighted by atomic mass is 31.2. The van der Waals surface area contributed by atoms with E-state index in [0.29, 0.717) is 25.7 Å². The van der Waals surface area contributed by atoms with Crippen LogP contribution in [0.1, 0.15) is 426 Å². The van der Waals surface area contributed by atoms with Crippen LogP contribution in [0.4, 0.5) is 0 Å². The van der Waals surface area contributed by atoms with E-state index in [1.165, 1.54) is 225 Å². The molecule has 0 saturated carbocycles. The fraction of sp³-hybridized carbons (Fsp3) is 0.882. The summed E-state index contributed by atoms with van der Waals surface area (Å²) >= 11 is 0. The predicted molar refractivity (Wildman–Crippen MR) is 428 cm³/mol. The molecule has 104 heavy (non-hydrogen) atoms. The first-order chi connectivity index (χ1) is 50.7. The lowest BCUT2D eigenvalue weighted by Gasteiger charge is -2.21. The van der Waals surface area contributed by atoms with Crippen molar-refractivity contribution in [3.63, 3.8) is 0 Å². The zero-order valence-corrected chi connectivity index (χ0v) is 69.0. The highest BCUT2D eigenvalue weighted by molar-refractivity contribution is 7.47. The van der Waals surface area contributed by atoms with Gasteiger partial charge in [-0.3, -0.25) is 37.3 Å². The van der Waals surface area contributed by atoms with Crippen molar-refractivity contribution in [3.8, 4) is 0 Å². The molecule has 0 aromatic carbocycles. The van der Waals surface area contributed by atoms with E-state index < -0.39 is 97.5 Å². The number of carbonyl (C=O) groups is 4. The number of phosphoric acid groups is 2. The van der Waals surface area contributed by atoms with E-state index in [2.05, 4.69) is 64.2 Å². The zero-order chi connectivity index (χ0) is 76.0. The second-order valence-corrected chi connectivity index (χ2v) is 32.4. The molecule has 19 heteroatoms. The molecule has 0 aromatic heterocycles. The van der Waals surface area contributed by atoms with Crippen LogP contribution in [0.15, 0.2) is 36.5 Å².